The van der Waals surface area contributed by atoms with Crippen LogP contribution in [0.3, 0.4) is 0 Å². The van der Waals surface area contributed by atoms with Crippen molar-refractivity contribution in [3.05, 3.63) is 50.4 Å². The first-order valence-corrected chi connectivity index (χ1v) is 7.85. The van der Waals surface area contributed by atoms with Crippen molar-refractivity contribution in [3.63, 3.8) is 0 Å². The fourth-order valence-corrected chi connectivity index (χ4v) is 2.89. The highest BCUT2D eigenvalue weighted by atomic mass is 79.9. The number of rotatable bonds is 4. The van der Waals surface area contributed by atoms with Crippen molar-refractivity contribution in [3.8, 4) is 5.75 Å². The van der Waals surface area contributed by atoms with Gasteiger partial charge in [0, 0.05) is 9.50 Å². The minimum absolute atomic E-state index is 0.133. The Bertz CT molecular complexity index is 680. The van der Waals surface area contributed by atoms with Crippen LogP contribution in [0.15, 0.2) is 45.3 Å². The van der Waals surface area contributed by atoms with Crippen molar-refractivity contribution in [2.24, 2.45) is 0 Å². The van der Waals surface area contributed by atoms with Gasteiger partial charge in [-0.3, -0.25) is 4.79 Å². The Morgan fingerprint density at radius 2 is 2.00 bits per heavy atom. The predicted molar refractivity (Wildman–Crippen MR) is 91.8 cm³/mol. The van der Waals surface area contributed by atoms with Crippen LogP contribution in [0.4, 0.5) is 11.4 Å². The number of hydrogen-bond acceptors (Lipinski definition) is 3. The number of nitrogen functional groups attached to an aromatic ring is 1. The Morgan fingerprint density at radius 1 is 1.24 bits per heavy atom. The largest absolute Gasteiger partial charge is 0.483 e. The van der Waals surface area contributed by atoms with Crippen LogP contribution in [0.2, 0.25) is 5.02 Å². The summed E-state index contributed by atoms with van der Waals surface area (Å²) >= 11 is 12.6. The molecule has 21 heavy (non-hydrogen) atoms. The van der Waals surface area contributed by atoms with Crippen molar-refractivity contribution in [2.45, 2.75) is 0 Å². The molecule has 0 aliphatic carbocycles. The molecule has 0 aliphatic rings. The lowest BCUT2D eigenvalue weighted by molar-refractivity contribution is -0.118. The first-order chi connectivity index (χ1) is 9.95. The van der Waals surface area contributed by atoms with Gasteiger partial charge in [0.05, 0.1) is 15.8 Å². The Morgan fingerprint density at radius 3 is 2.71 bits per heavy atom. The molecule has 0 heterocycles. The zero-order valence-electron chi connectivity index (χ0n) is 10.7. The zero-order chi connectivity index (χ0) is 15.4. The highest BCUT2D eigenvalue weighted by molar-refractivity contribution is 9.11. The number of hydrogen-bond donors (Lipinski definition) is 2. The first kappa shape index (κ1) is 16.1. The average molecular weight is 435 g/mol. The third-order valence-electron chi connectivity index (χ3n) is 2.54. The molecule has 0 saturated heterocycles. The third kappa shape index (κ3) is 4.62. The summed E-state index contributed by atoms with van der Waals surface area (Å²) in [6.45, 7) is -0.133. The Balaban J connectivity index is 1.97. The van der Waals surface area contributed by atoms with Gasteiger partial charge in [-0.25, -0.2) is 0 Å². The average Bonchev–Trinajstić information content (AvgIpc) is 2.42. The second-order valence-electron chi connectivity index (χ2n) is 4.14. The minimum Gasteiger partial charge on any atom is -0.483 e. The van der Waals surface area contributed by atoms with Crippen molar-refractivity contribution < 1.29 is 9.53 Å². The number of anilines is 2. The van der Waals surface area contributed by atoms with E-state index in [4.69, 9.17) is 22.1 Å². The highest BCUT2D eigenvalue weighted by Gasteiger charge is 2.08. The predicted octanol–water partition coefficient (Wildman–Crippen LogP) is 4.46. The highest BCUT2D eigenvalue weighted by Crippen LogP contribution is 2.28. The van der Waals surface area contributed by atoms with Crippen LogP contribution >= 0.6 is 43.5 Å². The quantitative estimate of drug-likeness (QED) is 0.698. The third-order valence-corrected chi connectivity index (χ3v) is 3.89. The fraction of sp³-hybridized carbons (Fsp3) is 0.0714. The van der Waals surface area contributed by atoms with Crippen molar-refractivity contribution in [1.82, 2.24) is 0 Å². The van der Waals surface area contributed by atoms with Gasteiger partial charge in [0.1, 0.15) is 5.75 Å². The van der Waals surface area contributed by atoms with E-state index in [1.807, 2.05) is 12.1 Å². The fourth-order valence-electron chi connectivity index (χ4n) is 1.56. The van der Waals surface area contributed by atoms with Gasteiger partial charge in [-0.2, -0.15) is 0 Å². The summed E-state index contributed by atoms with van der Waals surface area (Å²) in [5.41, 5.74) is 6.66. The zero-order valence-corrected chi connectivity index (χ0v) is 14.6. The molecular weight excluding hydrogens is 423 g/mol. The Kier molecular flexibility index (Phi) is 5.50. The summed E-state index contributed by atoms with van der Waals surface area (Å²) in [5.74, 6) is 0.256. The lowest BCUT2D eigenvalue weighted by atomic mass is 10.2. The Labute approximate surface area is 143 Å². The van der Waals surface area contributed by atoms with E-state index >= 15 is 0 Å². The standard InChI is InChI=1S/C14H11Br2ClN2O2/c15-8-1-4-13(10(16)5-8)21-7-14(20)19-12-6-9(17)2-3-11(12)18/h1-6H,7,18H2,(H,19,20). The van der Waals surface area contributed by atoms with Crippen LogP contribution in [0.1, 0.15) is 0 Å². The second-order valence-corrected chi connectivity index (χ2v) is 6.35. The van der Waals surface area contributed by atoms with Gasteiger partial charge < -0.3 is 15.8 Å². The van der Waals surface area contributed by atoms with Gasteiger partial charge in [-0.15, -0.1) is 0 Å². The number of nitrogens with one attached hydrogen (secondary N) is 1. The second kappa shape index (κ2) is 7.15. The minimum atomic E-state index is -0.321. The molecule has 0 bridgehead atoms. The van der Waals surface area contributed by atoms with Gasteiger partial charge in [0.25, 0.3) is 5.91 Å². The molecule has 2 aromatic rings. The van der Waals surface area contributed by atoms with Crippen LogP contribution in [0, 0.1) is 0 Å². The van der Waals surface area contributed by atoms with Crippen LogP contribution < -0.4 is 15.8 Å². The number of carbonyl (C=O) groups is 1. The maximum atomic E-state index is 11.9. The maximum Gasteiger partial charge on any atom is 0.262 e. The van der Waals surface area contributed by atoms with E-state index < -0.39 is 0 Å². The van der Waals surface area contributed by atoms with Crippen molar-refractivity contribution >= 4 is 60.7 Å². The van der Waals surface area contributed by atoms with E-state index in [0.717, 1.165) is 8.95 Å². The summed E-state index contributed by atoms with van der Waals surface area (Å²) in [6, 6.07) is 10.3. The summed E-state index contributed by atoms with van der Waals surface area (Å²) < 4.78 is 7.11. The van der Waals surface area contributed by atoms with Crippen LogP contribution in [-0.4, -0.2) is 12.5 Å². The van der Waals surface area contributed by atoms with Gasteiger partial charge in [-0.05, 0) is 52.3 Å². The molecule has 0 fully saturated rings. The summed E-state index contributed by atoms with van der Waals surface area (Å²) in [4.78, 5) is 11.9. The number of amides is 1. The number of nitrogens with two attached hydrogens (primary N) is 1. The van der Waals surface area contributed by atoms with Crippen LogP contribution in [0.25, 0.3) is 0 Å². The molecule has 0 saturated carbocycles. The van der Waals surface area contributed by atoms with Gasteiger partial charge in [0.2, 0.25) is 0 Å². The molecule has 1 amide bonds. The SMILES string of the molecule is Nc1ccc(Cl)cc1NC(=O)COc1ccc(Br)cc1Br. The molecule has 110 valence electrons. The lowest BCUT2D eigenvalue weighted by Gasteiger charge is -2.10. The molecule has 4 nitrogen and oxygen atoms in total. The Hall–Kier alpha value is -1.24. The number of benzene rings is 2. The van der Waals surface area contributed by atoms with E-state index in [1.54, 1.807) is 24.3 Å². The van der Waals surface area contributed by atoms with Gasteiger partial charge >= 0.3 is 0 Å². The molecule has 2 aromatic carbocycles. The first-order valence-electron chi connectivity index (χ1n) is 5.88. The van der Waals surface area contributed by atoms with E-state index in [2.05, 4.69) is 37.2 Å². The van der Waals surface area contributed by atoms with E-state index in [1.165, 1.54) is 0 Å². The van der Waals surface area contributed by atoms with Crippen LogP contribution in [0.5, 0.6) is 5.75 Å². The van der Waals surface area contributed by atoms with Crippen molar-refractivity contribution in [1.29, 1.82) is 0 Å². The molecule has 0 radical (unpaired) electrons. The molecule has 0 aromatic heterocycles. The van der Waals surface area contributed by atoms with E-state index in [0.29, 0.717) is 22.1 Å². The lowest BCUT2D eigenvalue weighted by Crippen LogP contribution is -2.20. The molecule has 2 rings (SSSR count). The number of halogens is 3. The number of carbonyl (C=O) groups excluding carboxylic acids is 1. The molecule has 3 N–H and O–H groups in total. The molecule has 0 spiro atoms. The molecule has 0 atom stereocenters. The monoisotopic (exact) mass is 432 g/mol. The van der Waals surface area contributed by atoms with E-state index in [-0.39, 0.29) is 12.5 Å². The molecule has 0 aliphatic heterocycles. The molecular formula is C14H11Br2ClN2O2. The van der Waals surface area contributed by atoms with E-state index in [9.17, 15) is 4.79 Å². The number of ether oxygens (including phenoxy) is 1. The van der Waals surface area contributed by atoms with Gasteiger partial charge in [0.15, 0.2) is 6.61 Å². The smallest absolute Gasteiger partial charge is 0.262 e. The van der Waals surface area contributed by atoms with Gasteiger partial charge in [-0.1, -0.05) is 27.5 Å². The topological polar surface area (TPSA) is 64.3 Å². The molecule has 0 unspecified atom stereocenters. The van der Waals surface area contributed by atoms with Crippen molar-refractivity contribution in [2.75, 3.05) is 17.7 Å². The summed E-state index contributed by atoms with van der Waals surface area (Å²) in [5, 5.41) is 3.15. The summed E-state index contributed by atoms with van der Waals surface area (Å²) in [6.07, 6.45) is 0. The van der Waals surface area contributed by atoms with Crippen LogP contribution in [-0.2, 0) is 4.79 Å². The summed E-state index contributed by atoms with van der Waals surface area (Å²) in [7, 11) is 0. The normalized spacial score (nSPS) is 10.2. The molecule has 7 heteroatoms. The maximum absolute atomic E-state index is 11.9.